The SMILES string of the molecule is CCOC(=O)CCCN(CCCC(=O)OCC)c1cc[c]c(C)c1. The van der Waals surface area contributed by atoms with Crippen LogP contribution >= 0.6 is 0 Å². The van der Waals surface area contributed by atoms with Crippen LogP contribution in [0.2, 0.25) is 0 Å². The molecule has 0 saturated carbocycles. The van der Waals surface area contributed by atoms with Crippen molar-refractivity contribution in [2.24, 2.45) is 0 Å². The first-order chi connectivity index (χ1) is 11.6. The predicted molar refractivity (Wildman–Crippen MR) is 94.0 cm³/mol. The monoisotopic (exact) mass is 334 g/mol. The molecule has 0 spiro atoms. The van der Waals surface area contributed by atoms with Gasteiger partial charge in [0.1, 0.15) is 0 Å². The molecule has 133 valence electrons. The molecule has 24 heavy (non-hydrogen) atoms. The molecule has 0 aliphatic heterocycles. The minimum Gasteiger partial charge on any atom is -0.466 e. The molecule has 1 radical (unpaired) electrons. The molecule has 0 atom stereocenters. The third-order valence-electron chi connectivity index (χ3n) is 3.52. The molecular weight excluding hydrogens is 306 g/mol. The molecular formula is C19H28NO4. The molecule has 0 heterocycles. The average Bonchev–Trinajstić information content (AvgIpc) is 2.54. The Morgan fingerprint density at radius 1 is 1.04 bits per heavy atom. The lowest BCUT2D eigenvalue weighted by molar-refractivity contribution is -0.144. The highest BCUT2D eigenvalue weighted by Crippen LogP contribution is 2.17. The molecule has 0 aliphatic carbocycles. The van der Waals surface area contributed by atoms with Crippen LogP contribution in [0.5, 0.6) is 0 Å². The van der Waals surface area contributed by atoms with Crippen molar-refractivity contribution in [3.8, 4) is 0 Å². The summed E-state index contributed by atoms with van der Waals surface area (Å²) in [6, 6.07) is 9.10. The van der Waals surface area contributed by atoms with Crippen LogP contribution in [0.15, 0.2) is 18.2 Å². The van der Waals surface area contributed by atoms with Crippen molar-refractivity contribution in [2.75, 3.05) is 31.2 Å². The summed E-state index contributed by atoms with van der Waals surface area (Å²) in [5, 5.41) is 0. The molecule has 0 N–H and O–H groups in total. The summed E-state index contributed by atoms with van der Waals surface area (Å²) in [6.07, 6.45) is 2.24. The van der Waals surface area contributed by atoms with E-state index in [4.69, 9.17) is 9.47 Å². The molecule has 1 aromatic carbocycles. The lowest BCUT2D eigenvalue weighted by Gasteiger charge is -2.25. The van der Waals surface area contributed by atoms with E-state index < -0.39 is 0 Å². The van der Waals surface area contributed by atoms with Gasteiger partial charge < -0.3 is 14.4 Å². The standard InChI is InChI=1S/C19H28NO4/c1-4-23-18(21)11-7-13-20(14-8-12-19(22)24-5-2)17-10-6-9-16(3)15-17/h6,10,15H,4-5,7-8,11-14H2,1-3H3. The third kappa shape index (κ3) is 7.99. The van der Waals surface area contributed by atoms with Crippen molar-refractivity contribution in [1.82, 2.24) is 0 Å². The summed E-state index contributed by atoms with van der Waals surface area (Å²) in [6.45, 7) is 7.92. The van der Waals surface area contributed by atoms with Gasteiger partial charge in [-0.15, -0.1) is 0 Å². The van der Waals surface area contributed by atoms with Crippen molar-refractivity contribution in [2.45, 2.75) is 46.5 Å². The van der Waals surface area contributed by atoms with Gasteiger partial charge >= 0.3 is 11.9 Å². The van der Waals surface area contributed by atoms with Crippen molar-refractivity contribution in [3.63, 3.8) is 0 Å². The largest absolute Gasteiger partial charge is 0.466 e. The molecule has 5 heteroatoms. The van der Waals surface area contributed by atoms with Gasteiger partial charge in [0.15, 0.2) is 0 Å². The Hall–Kier alpha value is -2.04. The maximum absolute atomic E-state index is 11.5. The normalized spacial score (nSPS) is 10.3. The molecule has 0 fully saturated rings. The zero-order chi connectivity index (χ0) is 17.8. The van der Waals surface area contributed by atoms with Gasteiger partial charge in [0.25, 0.3) is 0 Å². The number of esters is 2. The first kappa shape index (κ1) is 20.0. The molecule has 0 unspecified atom stereocenters. The summed E-state index contributed by atoms with van der Waals surface area (Å²) in [5.41, 5.74) is 2.15. The van der Waals surface area contributed by atoms with E-state index in [0.29, 0.717) is 26.1 Å². The Morgan fingerprint density at radius 2 is 1.58 bits per heavy atom. The quantitative estimate of drug-likeness (QED) is 0.581. The number of carbonyl (C=O) groups excluding carboxylic acids is 2. The fourth-order valence-electron chi connectivity index (χ4n) is 2.43. The number of nitrogens with zero attached hydrogens (tertiary/aromatic N) is 1. The summed E-state index contributed by atoms with van der Waals surface area (Å²) >= 11 is 0. The number of hydrogen-bond acceptors (Lipinski definition) is 5. The lowest BCUT2D eigenvalue weighted by atomic mass is 10.1. The van der Waals surface area contributed by atoms with Crippen LogP contribution in [0.3, 0.4) is 0 Å². The highest BCUT2D eigenvalue weighted by molar-refractivity contribution is 5.69. The second-order valence-corrected chi connectivity index (χ2v) is 5.53. The molecule has 0 saturated heterocycles. The van der Waals surface area contributed by atoms with Crippen LogP contribution in [-0.4, -0.2) is 38.2 Å². The van der Waals surface area contributed by atoms with E-state index in [0.717, 1.165) is 37.2 Å². The summed E-state index contributed by atoms with van der Waals surface area (Å²) in [4.78, 5) is 25.2. The van der Waals surface area contributed by atoms with Gasteiger partial charge in [-0.25, -0.2) is 0 Å². The van der Waals surface area contributed by atoms with Crippen LogP contribution in [-0.2, 0) is 19.1 Å². The maximum Gasteiger partial charge on any atom is 0.305 e. The number of ether oxygens (including phenoxy) is 2. The Labute approximate surface area is 144 Å². The number of benzene rings is 1. The van der Waals surface area contributed by atoms with E-state index in [9.17, 15) is 9.59 Å². The minimum absolute atomic E-state index is 0.165. The number of rotatable bonds is 11. The van der Waals surface area contributed by atoms with Gasteiger partial charge in [0.05, 0.1) is 13.2 Å². The second-order valence-electron chi connectivity index (χ2n) is 5.53. The van der Waals surface area contributed by atoms with E-state index >= 15 is 0 Å². The fraction of sp³-hybridized carbons (Fsp3) is 0.579. The number of anilines is 1. The van der Waals surface area contributed by atoms with Crippen LogP contribution in [0.1, 0.15) is 45.1 Å². The number of carbonyl (C=O) groups is 2. The zero-order valence-electron chi connectivity index (χ0n) is 15.0. The lowest BCUT2D eigenvalue weighted by Crippen LogP contribution is -2.27. The molecule has 0 amide bonds. The number of hydrogen-bond donors (Lipinski definition) is 0. The fourth-order valence-corrected chi connectivity index (χ4v) is 2.43. The highest BCUT2D eigenvalue weighted by Gasteiger charge is 2.10. The van der Waals surface area contributed by atoms with Crippen LogP contribution in [0.4, 0.5) is 5.69 Å². The number of aryl methyl sites for hydroxylation is 1. The van der Waals surface area contributed by atoms with E-state index in [1.54, 1.807) is 0 Å². The molecule has 0 aliphatic rings. The first-order valence-electron chi connectivity index (χ1n) is 8.61. The predicted octanol–water partition coefficient (Wildman–Crippen LogP) is 3.29. The minimum atomic E-state index is -0.165. The van der Waals surface area contributed by atoms with E-state index in [-0.39, 0.29) is 11.9 Å². The van der Waals surface area contributed by atoms with Gasteiger partial charge in [-0.05, 0) is 57.4 Å². The Morgan fingerprint density at radius 3 is 2.04 bits per heavy atom. The smallest absolute Gasteiger partial charge is 0.305 e. The first-order valence-corrected chi connectivity index (χ1v) is 8.61. The van der Waals surface area contributed by atoms with Crippen molar-refractivity contribution >= 4 is 17.6 Å². The van der Waals surface area contributed by atoms with E-state index in [2.05, 4.69) is 17.0 Å². The van der Waals surface area contributed by atoms with Crippen LogP contribution in [0.25, 0.3) is 0 Å². The Balaban J connectivity index is 2.56. The molecule has 1 aromatic rings. The third-order valence-corrected chi connectivity index (χ3v) is 3.52. The maximum atomic E-state index is 11.5. The van der Waals surface area contributed by atoms with Crippen LogP contribution < -0.4 is 4.90 Å². The van der Waals surface area contributed by atoms with Crippen molar-refractivity contribution in [1.29, 1.82) is 0 Å². The molecule has 0 aromatic heterocycles. The Bertz CT molecular complexity index is 492. The van der Waals surface area contributed by atoms with Gasteiger partial charge in [-0.2, -0.15) is 0 Å². The van der Waals surface area contributed by atoms with Crippen molar-refractivity contribution in [3.05, 3.63) is 29.8 Å². The molecule has 1 rings (SSSR count). The van der Waals surface area contributed by atoms with Gasteiger partial charge in [0, 0.05) is 31.6 Å². The topological polar surface area (TPSA) is 55.8 Å². The average molecular weight is 334 g/mol. The van der Waals surface area contributed by atoms with Crippen molar-refractivity contribution < 1.29 is 19.1 Å². The highest BCUT2D eigenvalue weighted by atomic mass is 16.5. The summed E-state index contributed by atoms with van der Waals surface area (Å²) in [5.74, 6) is -0.330. The molecule has 5 nitrogen and oxygen atoms in total. The van der Waals surface area contributed by atoms with E-state index in [1.165, 1.54) is 0 Å². The Kier molecular flexibility index (Phi) is 9.58. The summed E-state index contributed by atoms with van der Waals surface area (Å²) in [7, 11) is 0. The van der Waals surface area contributed by atoms with Gasteiger partial charge in [0.2, 0.25) is 0 Å². The summed E-state index contributed by atoms with van der Waals surface area (Å²) < 4.78 is 9.93. The zero-order valence-corrected chi connectivity index (χ0v) is 15.0. The molecule has 0 bridgehead atoms. The van der Waals surface area contributed by atoms with E-state index in [1.807, 2.05) is 32.9 Å². The van der Waals surface area contributed by atoms with Crippen LogP contribution in [0, 0.1) is 13.0 Å². The second kappa shape index (κ2) is 11.5. The van der Waals surface area contributed by atoms with Gasteiger partial charge in [-0.3, -0.25) is 9.59 Å². The van der Waals surface area contributed by atoms with Gasteiger partial charge in [-0.1, -0.05) is 6.07 Å².